The zero-order chi connectivity index (χ0) is 39.4. The number of unbranched alkanes of at least 4 members (excludes halogenated alkanes) is 4. The van der Waals surface area contributed by atoms with Gasteiger partial charge in [-0.05, 0) is 134 Å². The summed E-state index contributed by atoms with van der Waals surface area (Å²) in [5, 5.41) is 35.7. The molecule has 13 nitrogen and oxygen atoms in total. The van der Waals surface area contributed by atoms with Crippen LogP contribution in [0.4, 0.5) is 14.0 Å². The number of hydrogen-bond donors (Lipinski definition) is 7. The molecule has 3 fully saturated rings. The third-order valence-corrected chi connectivity index (χ3v) is 12.9. The summed E-state index contributed by atoms with van der Waals surface area (Å²) < 4.78 is 27.8. The molecule has 0 aromatic heterocycles. The van der Waals surface area contributed by atoms with Gasteiger partial charge >= 0.3 is 12.2 Å². The Balaban J connectivity index is 0.00000541. The van der Waals surface area contributed by atoms with Crippen molar-refractivity contribution in [1.29, 1.82) is 0 Å². The standard InChI is InChI=1S/C40H66FN5O8.3ClH/c1-28-24-32-31-13-12-29-25-30(47)14-15-37(29,2)39(31,41)33(48)26-38(32,3)40(28,52)34(49)27-54-36(51)45-21-6-4-5-9-23-53-35(50)46-22-11-20-44-18-8-7-17-43-19-10-16-42;;;/h14-15,25,28,31-33,43-44,48,52H,4-13,16-24,26-27,42H2,1-3H3,(H,45,51)(H,46,50);3*1H/t28-,31?,32?,33?,37?,38?,39+,40+;;;/m1.../s1. The van der Waals surface area contributed by atoms with Gasteiger partial charge in [-0.3, -0.25) is 9.59 Å². The minimum Gasteiger partial charge on any atom is -0.450 e. The van der Waals surface area contributed by atoms with Crippen LogP contribution in [-0.2, 0) is 19.1 Å². The molecule has 3 saturated carbocycles. The van der Waals surface area contributed by atoms with Gasteiger partial charge in [0, 0.05) is 29.8 Å². The molecule has 0 heterocycles. The van der Waals surface area contributed by atoms with Crippen molar-refractivity contribution in [2.45, 2.75) is 115 Å². The molecule has 17 heteroatoms. The lowest BCUT2D eigenvalue weighted by Gasteiger charge is -2.62. The Labute approximate surface area is 356 Å². The quantitative estimate of drug-likeness (QED) is 0.0732. The van der Waals surface area contributed by atoms with Gasteiger partial charge in [-0.2, -0.15) is 0 Å². The van der Waals surface area contributed by atoms with Crippen molar-refractivity contribution in [1.82, 2.24) is 21.3 Å². The average molecular weight is 873 g/mol. The molecule has 0 bridgehead atoms. The van der Waals surface area contributed by atoms with Crippen LogP contribution in [0.5, 0.6) is 0 Å². The fourth-order valence-electron chi connectivity index (χ4n) is 9.80. The first-order valence-electron chi connectivity index (χ1n) is 20.2. The van der Waals surface area contributed by atoms with Gasteiger partial charge in [0.05, 0.1) is 12.7 Å². The lowest BCUT2D eigenvalue weighted by molar-refractivity contribution is -0.219. The lowest BCUT2D eigenvalue weighted by atomic mass is 9.44. The Kier molecular flexibility index (Phi) is 22.6. The molecule has 0 aliphatic heterocycles. The van der Waals surface area contributed by atoms with E-state index in [4.69, 9.17) is 15.2 Å². The lowest BCUT2D eigenvalue weighted by Crippen LogP contribution is -2.69. The van der Waals surface area contributed by atoms with Crippen LogP contribution in [0.1, 0.15) is 97.8 Å². The van der Waals surface area contributed by atoms with Crippen LogP contribution in [0.15, 0.2) is 23.8 Å². The number of carbonyl (C=O) groups excluding carboxylic acids is 4. The molecule has 330 valence electrons. The summed E-state index contributed by atoms with van der Waals surface area (Å²) in [7, 11) is 0. The van der Waals surface area contributed by atoms with Gasteiger partial charge in [0.15, 0.2) is 18.1 Å². The van der Waals surface area contributed by atoms with Gasteiger partial charge in [-0.15, -0.1) is 37.2 Å². The molecule has 4 rings (SSSR count). The number of nitrogens with two attached hydrogens (primary N) is 1. The van der Waals surface area contributed by atoms with E-state index in [0.29, 0.717) is 63.9 Å². The minimum atomic E-state index is -2.06. The van der Waals surface area contributed by atoms with Crippen LogP contribution in [0.25, 0.3) is 0 Å². The van der Waals surface area contributed by atoms with E-state index in [2.05, 4.69) is 21.3 Å². The first kappa shape index (κ1) is 53.0. The normalized spacial score (nSPS) is 30.9. The van der Waals surface area contributed by atoms with E-state index in [9.17, 15) is 29.4 Å². The van der Waals surface area contributed by atoms with Crippen LogP contribution >= 0.6 is 37.2 Å². The fourth-order valence-corrected chi connectivity index (χ4v) is 9.80. The summed E-state index contributed by atoms with van der Waals surface area (Å²) in [6, 6.07) is 0. The first-order valence-corrected chi connectivity index (χ1v) is 20.2. The molecule has 5 unspecified atom stereocenters. The molecule has 4 aliphatic rings. The number of fused-ring (bicyclic) bond motifs is 5. The summed E-state index contributed by atoms with van der Waals surface area (Å²) in [4.78, 5) is 50.1. The summed E-state index contributed by atoms with van der Waals surface area (Å²) in [6.45, 7) is 10.2. The van der Waals surface area contributed by atoms with Gasteiger partial charge in [-0.25, -0.2) is 14.0 Å². The number of alkyl carbamates (subject to hydrolysis) is 2. The minimum absolute atomic E-state index is 0. The fraction of sp³-hybridized carbons (Fsp3) is 0.800. The number of halogens is 4. The third-order valence-electron chi connectivity index (χ3n) is 12.9. The molecule has 0 spiro atoms. The smallest absolute Gasteiger partial charge is 0.407 e. The maximum absolute atomic E-state index is 17.4. The van der Waals surface area contributed by atoms with E-state index in [1.807, 2.05) is 0 Å². The number of ketones is 2. The highest BCUT2D eigenvalue weighted by Gasteiger charge is 2.75. The number of nitrogens with one attached hydrogen (secondary N) is 4. The van der Waals surface area contributed by atoms with E-state index in [1.54, 1.807) is 26.8 Å². The predicted molar refractivity (Wildman–Crippen MR) is 225 cm³/mol. The molecule has 2 amide bonds. The van der Waals surface area contributed by atoms with E-state index in [0.717, 1.165) is 64.7 Å². The van der Waals surface area contributed by atoms with Crippen molar-refractivity contribution in [3.05, 3.63) is 23.8 Å². The zero-order valence-corrected chi connectivity index (χ0v) is 36.4. The van der Waals surface area contributed by atoms with Crippen LogP contribution < -0.4 is 27.0 Å². The maximum atomic E-state index is 17.4. The molecule has 0 radical (unpaired) electrons. The van der Waals surface area contributed by atoms with Crippen molar-refractivity contribution >= 4 is 61.0 Å². The van der Waals surface area contributed by atoms with Crippen LogP contribution in [-0.4, -0.2) is 110 Å². The number of ether oxygens (including phenoxy) is 2. The van der Waals surface area contributed by atoms with Crippen molar-refractivity contribution < 1.29 is 43.3 Å². The van der Waals surface area contributed by atoms with Gasteiger partial charge in [0.25, 0.3) is 0 Å². The van der Waals surface area contributed by atoms with Gasteiger partial charge in [-0.1, -0.05) is 31.9 Å². The number of allylic oxidation sites excluding steroid dienone is 4. The van der Waals surface area contributed by atoms with Crippen molar-refractivity contribution in [3.8, 4) is 0 Å². The Hall–Kier alpha value is -2.04. The Morgan fingerprint density at radius 1 is 0.860 bits per heavy atom. The SMILES string of the molecule is C[C@@H]1CC2C3CCC4=CC(=O)C=CC4(C)[C@@]3(F)C(O)CC2(C)[C@@]1(O)C(=O)COC(=O)NCCCCCCOC(=O)NCCCNCCCCNCCCN.Cl.Cl.Cl. The Morgan fingerprint density at radius 2 is 1.44 bits per heavy atom. The molecule has 8 atom stereocenters. The van der Waals surface area contributed by atoms with Crippen LogP contribution in [0, 0.1) is 28.6 Å². The number of hydrogen-bond acceptors (Lipinski definition) is 11. The number of amides is 2. The number of carbonyl (C=O) groups is 4. The molecular formula is C40H69Cl3FN5O8. The first-order chi connectivity index (χ1) is 25.8. The highest BCUT2D eigenvalue weighted by atomic mass is 35.5. The van der Waals surface area contributed by atoms with E-state index in [1.165, 1.54) is 12.2 Å². The number of Topliss-reactive ketones (excluding diaryl/α,β-unsaturated/α-hetero) is 1. The van der Waals surface area contributed by atoms with E-state index in [-0.39, 0.29) is 49.4 Å². The topological polar surface area (TPSA) is 201 Å². The number of rotatable bonds is 22. The van der Waals surface area contributed by atoms with E-state index >= 15 is 4.39 Å². The molecule has 0 saturated heterocycles. The van der Waals surface area contributed by atoms with Crippen molar-refractivity contribution in [2.24, 2.45) is 34.3 Å². The van der Waals surface area contributed by atoms with E-state index < -0.39 is 70.5 Å². The molecule has 4 aliphatic carbocycles. The van der Waals surface area contributed by atoms with Gasteiger partial charge in [0.1, 0.15) is 5.60 Å². The van der Waals surface area contributed by atoms with Gasteiger partial charge in [0.2, 0.25) is 5.78 Å². The molecule has 8 N–H and O–H groups in total. The summed E-state index contributed by atoms with van der Waals surface area (Å²) in [5.41, 5.74) is -0.150. The second-order valence-corrected chi connectivity index (χ2v) is 16.3. The maximum Gasteiger partial charge on any atom is 0.407 e. The third kappa shape index (κ3) is 12.0. The number of alkyl halides is 1. The largest absolute Gasteiger partial charge is 0.450 e. The summed E-state index contributed by atoms with van der Waals surface area (Å²) in [5.74, 6) is -2.44. The molecule has 0 aromatic carbocycles. The molecule has 57 heavy (non-hydrogen) atoms. The average Bonchev–Trinajstić information content (AvgIpc) is 3.34. The Morgan fingerprint density at radius 3 is 2.11 bits per heavy atom. The van der Waals surface area contributed by atoms with Crippen molar-refractivity contribution in [2.75, 3.05) is 59.0 Å². The highest BCUT2D eigenvalue weighted by Crippen LogP contribution is 2.70. The molecule has 0 aromatic rings. The second-order valence-electron chi connectivity index (χ2n) is 16.3. The van der Waals surface area contributed by atoms with Crippen LogP contribution in [0.3, 0.4) is 0 Å². The Bertz CT molecular complexity index is 1380. The van der Waals surface area contributed by atoms with Crippen molar-refractivity contribution in [3.63, 3.8) is 0 Å². The summed E-state index contributed by atoms with van der Waals surface area (Å²) >= 11 is 0. The number of aliphatic hydroxyl groups is 2. The molecular weight excluding hydrogens is 804 g/mol. The zero-order valence-electron chi connectivity index (χ0n) is 33.9. The summed E-state index contributed by atoms with van der Waals surface area (Å²) in [6.07, 6.45) is 9.85. The number of aliphatic hydroxyl groups excluding tert-OH is 1. The highest BCUT2D eigenvalue weighted by molar-refractivity contribution is 6.01. The second kappa shape index (κ2) is 24.3. The van der Waals surface area contributed by atoms with Crippen LogP contribution in [0.2, 0.25) is 0 Å². The monoisotopic (exact) mass is 871 g/mol. The van der Waals surface area contributed by atoms with Gasteiger partial charge < -0.3 is 46.7 Å². The predicted octanol–water partition coefficient (Wildman–Crippen LogP) is 4.88.